The summed E-state index contributed by atoms with van der Waals surface area (Å²) in [4.78, 5) is 0. The Morgan fingerprint density at radius 3 is 1.96 bits per heavy atom. The minimum atomic E-state index is 0.0753. The minimum absolute atomic E-state index is 0.0753. The highest BCUT2D eigenvalue weighted by Gasteiger charge is 2.21. The van der Waals surface area contributed by atoms with Crippen LogP contribution in [0.3, 0.4) is 0 Å². The number of rotatable bonds is 9. The van der Waals surface area contributed by atoms with Crippen LogP contribution in [0.4, 0.5) is 0 Å². The first kappa shape index (κ1) is 20.4. The number of nitrogens with two attached hydrogens (primary N) is 1. The van der Waals surface area contributed by atoms with E-state index in [1.807, 2.05) is 0 Å². The van der Waals surface area contributed by atoms with Gasteiger partial charge in [-0.2, -0.15) is 0 Å². The zero-order chi connectivity index (χ0) is 19.8. The zero-order valence-electron chi connectivity index (χ0n) is 17.1. The van der Waals surface area contributed by atoms with Gasteiger partial charge in [0.05, 0.1) is 0 Å². The first-order chi connectivity index (χ1) is 13.6. The summed E-state index contributed by atoms with van der Waals surface area (Å²) in [6.45, 7) is 4.50. The normalized spacial score (nSPS) is 12.5. The van der Waals surface area contributed by atoms with Gasteiger partial charge in [0.1, 0.15) is 0 Å². The van der Waals surface area contributed by atoms with Gasteiger partial charge in [-0.15, -0.1) is 0 Å². The van der Waals surface area contributed by atoms with Crippen LogP contribution < -0.4 is 5.73 Å². The molecule has 1 heteroatoms. The second kappa shape index (κ2) is 10.2. The molecule has 3 aromatic carbocycles. The number of hydrogen-bond donors (Lipinski definition) is 1. The molecule has 0 fully saturated rings. The Labute approximate surface area is 170 Å². The Kier molecular flexibility index (Phi) is 7.45. The van der Waals surface area contributed by atoms with Gasteiger partial charge < -0.3 is 5.73 Å². The fourth-order valence-corrected chi connectivity index (χ4v) is 3.71. The molecule has 0 saturated carbocycles. The van der Waals surface area contributed by atoms with Gasteiger partial charge in [-0.1, -0.05) is 98.8 Å². The number of hydrogen-bond acceptors (Lipinski definition) is 1. The van der Waals surface area contributed by atoms with E-state index in [2.05, 4.69) is 98.8 Å². The molecule has 0 aliphatic heterocycles. The largest absolute Gasteiger partial charge is 0.327 e. The quantitative estimate of drug-likeness (QED) is 0.468. The van der Waals surface area contributed by atoms with E-state index in [9.17, 15) is 0 Å². The highest BCUT2D eigenvalue weighted by atomic mass is 14.6. The van der Waals surface area contributed by atoms with Gasteiger partial charge >= 0.3 is 0 Å². The van der Waals surface area contributed by atoms with E-state index < -0.39 is 0 Å². The van der Waals surface area contributed by atoms with Crippen LogP contribution in [0.1, 0.15) is 54.9 Å². The van der Waals surface area contributed by atoms with E-state index >= 15 is 0 Å². The lowest BCUT2D eigenvalue weighted by atomic mass is 9.83. The molecular formula is C27H32N. The lowest BCUT2D eigenvalue weighted by molar-refractivity contribution is 0.600. The fourth-order valence-electron chi connectivity index (χ4n) is 3.71. The molecule has 0 unspecified atom stereocenters. The van der Waals surface area contributed by atoms with Crippen LogP contribution in [-0.2, 0) is 12.8 Å². The summed E-state index contributed by atoms with van der Waals surface area (Å²) in [6.07, 6.45) is 4.02. The highest BCUT2D eigenvalue weighted by Crippen LogP contribution is 2.28. The molecule has 145 valence electrons. The van der Waals surface area contributed by atoms with Crippen molar-refractivity contribution in [2.45, 2.75) is 51.5 Å². The van der Waals surface area contributed by atoms with Crippen molar-refractivity contribution in [3.63, 3.8) is 0 Å². The maximum absolute atomic E-state index is 6.75. The van der Waals surface area contributed by atoms with Gasteiger partial charge in [0.2, 0.25) is 0 Å². The van der Waals surface area contributed by atoms with Crippen LogP contribution in [0.15, 0.2) is 84.9 Å². The standard InChI is InChI=1S/C27H32N/c1-21(2)24-14-9-15-25(20-24)26(18-16-22-10-5-3-6-11-22)27(28)19-17-23-12-7-4-8-13-23/h3-15,20-21,27H,16-19,28H2,1-2H3/t27-/m0/s1. The predicted octanol–water partition coefficient (Wildman–Crippen LogP) is 6.33. The maximum Gasteiger partial charge on any atom is 0.0219 e. The fraction of sp³-hybridized carbons (Fsp3) is 0.296. The van der Waals surface area contributed by atoms with Gasteiger partial charge in [-0.25, -0.2) is 0 Å². The molecule has 0 heterocycles. The van der Waals surface area contributed by atoms with E-state index in [-0.39, 0.29) is 6.04 Å². The van der Waals surface area contributed by atoms with Gasteiger partial charge in [-0.05, 0) is 53.9 Å². The predicted molar refractivity (Wildman–Crippen MR) is 120 cm³/mol. The Morgan fingerprint density at radius 1 is 0.750 bits per heavy atom. The molecule has 0 amide bonds. The van der Waals surface area contributed by atoms with Crippen molar-refractivity contribution in [1.82, 2.24) is 0 Å². The van der Waals surface area contributed by atoms with Crippen molar-refractivity contribution >= 4 is 0 Å². The van der Waals surface area contributed by atoms with Gasteiger partial charge in [-0.3, -0.25) is 0 Å². The van der Waals surface area contributed by atoms with Gasteiger partial charge in [0.25, 0.3) is 0 Å². The van der Waals surface area contributed by atoms with Crippen molar-refractivity contribution in [3.05, 3.63) is 113 Å². The average Bonchev–Trinajstić information content (AvgIpc) is 2.74. The van der Waals surface area contributed by atoms with Gasteiger partial charge in [0.15, 0.2) is 0 Å². The first-order valence-electron chi connectivity index (χ1n) is 10.4. The molecule has 3 rings (SSSR count). The topological polar surface area (TPSA) is 26.0 Å². The second-order valence-corrected chi connectivity index (χ2v) is 7.92. The summed E-state index contributed by atoms with van der Waals surface area (Å²) in [6, 6.07) is 30.4. The van der Waals surface area contributed by atoms with Crippen molar-refractivity contribution in [2.75, 3.05) is 0 Å². The molecule has 0 bridgehead atoms. The molecule has 2 N–H and O–H groups in total. The highest BCUT2D eigenvalue weighted by molar-refractivity contribution is 5.38. The third-order valence-corrected chi connectivity index (χ3v) is 5.48. The summed E-state index contributed by atoms with van der Waals surface area (Å²) >= 11 is 0. The third kappa shape index (κ3) is 5.81. The Morgan fingerprint density at radius 2 is 1.36 bits per heavy atom. The Bertz CT molecular complexity index is 823. The van der Waals surface area contributed by atoms with Crippen LogP contribution in [0, 0.1) is 5.92 Å². The number of benzene rings is 3. The smallest absolute Gasteiger partial charge is 0.0219 e. The second-order valence-electron chi connectivity index (χ2n) is 7.92. The molecule has 0 aliphatic rings. The lowest BCUT2D eigenvalue weighted by Crippen LogP contribution is -2.30. The van der Waals surface area contributed by atoms with E-state index in [1.54, 1.807) is 0 Å². The van der Waals surface area contributed by atoms with E-state index in [0.717, 1.165) is 25.7 Å². The van der Waals surface area contributed by atoms with Crippen molar-refractivity contribution in [2.24, 2.45) is 5.73 Å². The van der Waals surface area contributed by atoms with Crippen LogP contribution in [0.2, 0.25) is 0 Å². The Hall–Kier alpha value is -2.38. The van der Waals surface area contributed by atoms with Crippen LogP contribution in [0.5, 0.6) is 0 Å². The monoisotopic (exact) mass is 370 g/mol. The van der Waals surface area contributed by atoms with Crippen LogP contribution >= 0.6 is 0 Å². The van der Waals surface area contributed by atoms with Crippen LogP contribution in [-0.4, -0.2) is 6.04 Å². The molecule has 1 nitrogen and oxygen atoms in total. The Balaban J connectivity index is 1.75. The molecule has 0 spiro atoms. The third-order valence-electron chi connectivity index (χ3n) is 5.48. The van der Waals surface area contributed by atoms with Crippen molar-refractivity contribution < 1.29 is 0 Å². The number of aryl methyl sites for hydroxylation is 2. The molecule has 0 saturated heterocycles. The van der Waals surface area contributed by atoms with E-state index in [0.29, 0.717) is 5.92 Å². The SMILES string of the molecule is CC(C)c1cccc([C](CCc2ccccc2)[C@@H](N)CCc2ccccc2)c1. The summed E-state index contributed by atoms with van der Waals surface area (Å²) in [5, 5.41) is 0. The lowest BCUT2D eigenvalue weighted by Gasteiger charge is -2.25. The first-order valence-corrected chi connectivity index (χ1v) is 10.4. The minimum Gasteiger partial charge on any atom is -0.327 e. The molecule has 0 aliphatic carbocycles. The van der Waals surface area contributed by atoms with Crippen molar-refractivity contribution in [1.29, 1.82) is 0 Å². The maximum atomic E-state index is 6.75. The molecule has 1 atom stereocenters. The molecule has 1 radical (unpaired) electrons. The molecular weight excluding hydrogens is 338 g/mol. The zero-order valence-corrected chi connectivity index (χ0v) is 17.1. The van der Waals surface area contributed by atoms with Gasteiger partial charge in [0, 0.05) is 12.0 Å². The van der Waals surface area contributed by atoms with E-state index in [4.69, 9.17) is 5.73 Å². The average molecular weight is 371 g/mol. The van der Waals surface area contributed by atoms with Crippen molar-refractivity contribution in [3.8, 4) is 0 Å². The molecule has 0 aromatic heterocycles. The molecule has 28 heavy (non-hydrogen) atoms. The summed E-state index contributed by atoms with van der Waals surface area (Å²) in [7, 11) is 0. The summed E-state index contributed by atoms with van der Waals surface area (Å²) in [5.41, 5.74) is 12.2. The summed E-state index contributed by atoms with van der Waals surface area (Å²) < 4.78 is 0. The van der Waals surface area contributed by atoms with E-state index in [1.165, 1.54) is 28.2 Å². The molecule has 3 aromatic rings. The summed E-state index contributed by atoms with van der Waals surface area (Å²) in [5.74, 6) is 1.90. The van der Waals surface area contributed by atoms with Crippen LogP contribution in [0.25, 0.3) is 0 Å².